The van der Waals surface area contributed by atoms with Gasteiger partial charge in [0, 0.05) is 42.5 Å². The molecule has 0 radical (unpaired) electrons. The maximum atomic E-state index is 11.2. The van der Waals surface area contributed by atoms with Crippen LogP contribution in [-0.4, -0.2) is 39.1 Å². The molecule has 5 rings (SSSR count). The third-order valence-corrected chi connectivity index (χ3v) is 6.26. The van der Waals surface area contributed by atoms with Crippen LogP contribution in [0.25, 0.3) is 11.4 Å². The second-order valence-electron chi connectivity index (χ2n) is 8.66. The molecule has 7 heteroatoms. The lowest BCUT2D eigenvalue weighted by molar-refractivity contribution is 0.505. The van der Waals surface area contributed by atoms with Gasteiger partial charge in [-0.2, -0.15) is 5.10 Å². The van der Waals surface area contributed by atoms with Crippen LogP contribution in [0, 0.1) is 12.3 Å². The zero-order chi connectivity index (χ0) is 24.7. The van der Waals surface area contributed by atoms with Crippen LogP contribution < -0.4 is 10.7 Å². The summed E-state index contributed by atoms with van der Waals surface area (Å²) in [6.07, 6.45) is 9.75. The normalized spacial score (nSPS) is 18.3. The van der Waals surface area contributed by atoms with Crippen LogP contribution in [0.5, 0.6) is 0 Å². The van der Waals surface area contributed by atoms with Crippen molar-refractivity contribution in [2.75, 3.05) is 7.05 Å². The van der Waals surface area contributed by atoms with Gasteiger partial charge in [-0.3, -0.25) is 9.48 Å². The lowest BCUT2D eigenvalue weighted by atomic mass is 10.1. The molecule has 4 aromatic rings. The zero-order valence-electron chi connectivity index (χ0n) is 20.1. The minimum absolute atomic E-state index is 0.0620. The number of aryl methyl sites for hydroxylation is 3. The summed E-state index contributed by atoms with van der Waals surface area (Å²) in [5, 5.41) is 14.8. The molecule has 2 N–H and O–H groups in total. The van der Waals surface area contributed by atoms with E-state index in [1.54, 1.807) is 17.8 Å². The van der Waals surface area contributed by atoms with Gasteiger partial charge in [-0.05, 0) is 44.4 Å². The van der Waals surface area contributed by atoms with E-state index in [0.717, 1.165) is 30.7 Å². The Morgan fingerprint density at radius 2 is 1.63 bits per heavy atom. The van der Waals surface area contributed by atoms with Gasteiger partial charge in [-0.15, -0.1) is 0 Å². The molecule has 2 aromatic heterocycles. The van der Waals surface area contributed by atoms with Crippen molar-refractivity contribution in [3.05, 3.63) is 112 Å². The third kappa shape index (κ3) is 5.75. The van der Waals surface area contributed by atoms with E-state index in [-0.39, 0.29) is 17.0 Å². The topological polar surface area (TPSA) is 96.6 Å². The minimum atomic E-state index is -0.368. The fraction of sp³-hybridized carbons (Fsp3) is 0.250. The SMILES string of the molecule is CNC1CC1(C=N)n1ccc(=O)c(C)n1.c1ccc(CCc2cnc(-c3ccccc3)nc2)cc1. The molecule has 0 bridgehead atoms. The van der Waals surface area contributed by atoms with Gasteiger partial charge in [0.05, 0.1) is 0 Å². The van der Waals surface area contributed by atoms with Gasteiger partial charge in [0.1, 0.15) is 11.2 Å². The summed E-state index contributed by atoms with van der Waals surface area (Å²) in [7, 11) is 1.87. The largest absolute Gasteiger partial charge is 0.314 e. The number of hydrogen-bond donors (Lipinski definition) is 2. The molecule has 1 aliphatic carbocycles. The first-order valence-corrected chi connectivity index (χ1v) is 11.7. The van der Waals surface area contributed by atoms with E-state index in [2.05, 4.69) is 44.6 Å². The highest BCUT2D eigenvalue weighted by Gasteiger charge is 2.54. The highest BCUT2D eigenvalue weighted by atomic mass is 16.1. The van der Waals surface area contributed by atoms with Crippen LogP contribution in [-0.2, 0) is 18.4 Å². The summed E-state index contributed by atoms with van der Waals surface area (Å²) in [6.45, 7) is 1.69. The molecule has 0 aliphatic heterocycles. The summed E-state index contributed by atoms with van der Waals surface area (Å²) in [5.74, 6) is 0.786. The summed E-state index contributed by atoms with van der Waals surface area (Å²) in [4.78, 5) is 20.1. The fourth-order valence-electron chi connectivity index (χ4n) is 3.99. The van der Waals surface area contributed by atoms with Gasteiger partial charge < -0.3 is 10.7 Å². The maximum Gasteiger partial charge on any atom is 0.203 e. The molecule has 35 heavy (non-hydrogen) atoms. The Kier molecular flexibility index (Phi) is 7.57. The summed E-state index contributed by atoms with van der Waals surface area (Å²) < 4.78 is 1.71. The average Bonchev–Trinajstić information content (AvgIpc) is 3.66. The van der Waals surface area contributed by atoms with E-state index in [1.807, 2.05) is 55.8 Å². The van der Waals surface area contributed by atoms with Crippen molar-refractivity contribution in [1.82, 2.24) is 25.1 Å². The Labute approximate surface area is 205 Å². The summed E-state index contributed by atoms with van der Waals surface area (Å²) in [6, 6.07) is 22.3. The Morgan fingerprint density at radius 3 is 2.20 bits per heavy atom. The lowest BCUT2D eigenvalue weighted by Crippen LogP contribution is -2.32. The number of likely N-dealkylation sites (N-methyl/N-ethyl adjacent to an activating group) is 1. The predicted octanol–water partition coefficient (Wildman–Crippen LogP) is 3.82. The highest BCUT2D eigenvalue weighted by molar-refractivity contribution is 5.71. The van der Waals surface area contributed by atoms with Crippen molar-refractivity contribution >= 4 is 6.21 Å². The van der Waals surface area contributed by atoms with Crippen LogP contribution in [0.3, 0.4) is 0 Å². The van der Waals surface area contributed by atoms with E-state index >= 15 is 0 Å². The number of hydrogen-bond acceptors (Lipinski definition) is 6. The smallest absolute Gasteiger partial charge is 0.203 e. The summed E-state index contributed by atoms with van der Waals surface area (Å²) >= 11 is 0. The first-order chi connectivity index (χ1) is 17.1. The number of rotatable bonds is 7. The molecule has 2 unspecified atom stereocenters. The predicted molar refractivity (Wildman–Crippen MR) is 139 cm³/mol. The monoisotopic (exact) mass is 466 g/mol. The molecule has 2 heterocycles. The van der Waals surface area contributed by atoms with Crippen LogP contribution in [0.15, 0.2) is 90.1 Å². The number of nitrogens with one attached hydrogen (secondary N) is 2. The molecule has 0 spiro atoms. The van der Waals surface area contributed by atoms with Crippen molar-refractivity contribution in [3.8, 4) is 11.4 Å². The van der Waals surface area contributed by atoms with E-state index < -0.39 is 0 Å². The number of nitrogens with zero attached hydrogens (tertiary/aromatic N) is 4. The second-order valence-corrected chi connectivity index (χ2v) is 8.66. The number of aromatic nitrogens is 4. The highest BCUT2D eigenvalue weighted by Crippen LogP contribution is 2.40. The van der Waals surface area contributed by atoms with Crippen molar-refractivity contribution in [3.63, 3.8) is 0 Å². The maximum absolute atomic E-state index is 11.2. The average molecular weight is 467 g/mol. The van der Waals surface area contributed by atoms with Gasteiger partial charge >= 0.3 is 0 Å². The number of benzene rings is 2. The molecule has 1 saturated carbocycles. The molecule has 1 aliphatic rings. The quantitative estimate of drug-likeness (QED) is 0.404. The van der Waals surface area contributed by atoms with E-state index in [0.29, 0.717) is 5.69 Å². The molecule has 178 valence electrons. The fourth-order valence-corrected chi connectivity index (χ4v) is 3.99. The Balaban J connectivity index is 0.000000172. The molecule has 0 amide bonds. The van der Waals surface area contributed by atoms with Gasteiger partial charge in [-0.1, -0.05) is 60.7 Å². The van der Waals surface area contributed by atoms with Crippen LogP contribution in [0.4, 0.5) is 0 Å². The molecular formula is C28H30N6O. The minimum Gasteiger partial charge on any atom is -0.314 e. The first kappa shape index (κ1) is 24.2. The van der Waals surface area contributed by atoms with Crippen molar-refractivity contribution in [1.29, 1.82) is 5.41 Å². The molecule has 1 fully saturated rings. The molecule has 2 atom stereocenters. The van der Waals surface area contributed by atoms with E-state index in [1.165, 1.54) is 23.4 Å². The first-order valence-electron chi connectivity index (χ1n) is 11.7. The Hall–Kier alpha value is -3.97. The van der Waals surface area contributed by atoms with Crippen molar-refractivity contribution in [2.24, 2.45) is 0 Å². The molecular weight excluding hydrogens is 436 g/mol. The zero-order valence-corrected chi connectivity index (χ0v) is 20.1. The van der Waals surface area contributed by atoms with Gasteiger partial charge in [-0.25, -0.2) is 9.97 Å². The Morgan fingerprint density at radius 1 is 1.00 bits per heavy atom. The Bertz CT molecular complexity index is 1300. The summed E-state index contributed by atoms with van der Waals surface area (Å²) in [5.41, 5.74) is 3.62. The molecule has 0 saturated heterocycles. The van der Waals surface area contributed by atoms with Gasteiger partial charge in [0.2, 0.25) is 5.43 Å². The van der Waals surface area contributed by atoms with Crippen molar-refractivity contribution < 1.29 is 0 Å². The van der Waals surface area contributed by atoms with Gasteiger partial charge in [0.25, 0.3) is 0 Å². The second kappa shape index (κ2) is 11.0. The standard InChI is InChI=1S/C18H16N2.C10H14N4O/c1-3-7-15(8-4-1)11-12-16-13-19-18(20-14-16)17-9-5-2-6-10-17;1-7-8(15)3-4-14(13-7)10(6-11)5-9(10)12-2/h1-10,13-14H,11-12H2;3-4,6,9,11-12H,5H2,1-2H3. The van der Waals surface area contributed by atoms with Crippen molar-refractivity contribution in [2.45, 2.75) is 37.8 Å². The van der Waals surface area contributed by atoms with Gasteiger partial charge in [0.15, 0.2) is 5.82 Å². The third-order valence-electron chi connectivity index (χ3n) is 6.26. The molecule has 2 aromatic carbocycles. The van der Waals surface area contributed by atoms with Crippen LogP contribution in [0.2, 0.25) is 0 Å². The lowest BCUT2D eigenvalue weighted by Gasteiger charge is -2.14. The van der Waals surface area contributed by atoms with Crippen LogP contribution >= 0.6 is 0 Å². The van der Waals surface area contributed by atoms with E-state index in [4.69, 9.17) is 5.41 Å². The molecule has 7 nitrogen and oxygen atoms in total. The van der Waals surface area contributed by atoms with Crippen LogP contribution in [0.1, 0.15) is 23.2 Å². The van der Waals surface area contributed by atoms with E-state index in [9.17, 15) is 4.79 Å².